The normalized spacial score (nSPS) is 23.8. The lowest BCUT2D eigenvalue weighted by Gasteiger charge is -2.40. The Bertz CT molecular complexity index is 1390. The second-order valence-electron chi connectivity index (χ2n) is 9.15. The van der Waals surface area contributed by atoms with Gasteiger partial charge in [0.25, 0.3) is 5.91 Å². The summed E-state index contributed by atoms with van der Waals surface area (Å²) in [4.78, 5) is 13.2. The molecule has 3 aromatic rings. The van der Waals surface area contributed by atoms with Crippen molar-refractivity contribution >= 4 is 16.8 Å². The summed E-state index contributed by atoms with van der Waals surface area (Å²) in [6, 6.07) is 4.01. The topological polar surface area (TPSA) is 133 Å². The van der Waals surface area contributed by atoms with Crippen LogP contribution in [0.2, 0.25) is 0 Å². The number of nitrogens with one attached hydrogen (secondary N) is 1. The number of aromatic nitrogens is 1. The van der Waals surface area contributed by atoms with Crippen LogP contribution >= 0.6 is 0 Å². The molecule has 0 spiro atoms. The predicted octanol–water partition coefficient (Wildman–Crippen LogP) is 2.27. The average Bonchev–Trinajstić information content (AvgIpc) is 3.25. The Hall–Kier alpha value is -3.37. The van der Waals surface area contributed by atoms with Crippen molar-refractivity contribution in [3.05, 3.63) is 64.8 Å². The number of carbonyl (C=O) groups excluding carboxylic acids is 1. The van der Waals surface area contributed by atoms with E-state index in [4.69, 9.17) is 9.47 Å². The van der Waals surface area contributed by atoms with E-state index in [1.54, 1.807) is 0 Å². The molecular formula is C25H24F6N2O7. The lowest BCUT2D eigenvalue weighted by molar-refractivity contribution is -0.252. The first kappa shape index (κ1) is 29.6. The van der Waals surface area contributed by atoms with Crippen molar-refractivity contribution in [1.82, 2.24) is 9.88 Å². The van der Waals surface area contributed by atoms with Gasteiger partial charge in [-0.25, -0.2) is 0 Å². The Morgan fingerprint density at radius 3 is 2.33 bits per heavy atom. The molecule has 15 heteroatoms. The maximum Gasteiger partial charge on any atom is 0.416 e. The summed E-state index contributed by atoms with van der Waals surface area (Å²) < 4.78 is 92.0. The third kappa shape index (κ3) is 5.74. The van der Waals surface area contributed by atoms with Gasteiger partial charge in [0.1, 0.15) is 30.1 Å². The first-order chi connectivity index (χ1) is 18.6. The lowest BCUT2D eigenvalue weighted by atomic mass is 9.96. The summed E-state index contributed by atoms with van der Waals surface area (Å²) in [5.41, 5.74) is -3.41. The Morgan fingerprint density at radius 2 is 1.73 bits per heavy atom. The quantitative estimate of drug-likeness (QED) is 0.284. The second-order valence-corrected chi connectivity index (χ2v) is 9.15. The fourth-order valence-corrected chi connectivity index (χ4v) is 4.53. The molecule has 1 fully saturated rings. The Morgan fingerprint density at radius 1 is 1.02 bits per heavy atom. The van der Waals surface area contributed by atoms with E-state index >= 15 is 0 Å². The minimum Gasteiger partial charge on any atom is -0.497 e. The SMILES string of the molecule is COc1ccc2c(C(=O)N[C@H]3C(O)OC(CO)[C@@H](O)C3O)cn(Cc3ccc(C(F)(F)F)cc3C(F)(F)F)c2c1. The van der Waals surface area contributed by atoms with Crippen LogP contribution in [0.4, 0.5) is 26.3 Å². The standard InChI is InChI=1S/C25H24F6N2O7/c1-39-13-4-5-14-15(22(37)32-19-21(36)20(35)18(10-34)40-23(19)38)9-33(17(14)7-13)8-11-2-3-12(24(26,27)28)6-16(11)25(29,30)31/h2-7,9,18-21,23,34-36,38H,8,10H2,1H3,(H,32,37)/t18?,19-,20-,21?,23?/m1/s1. The summed E-state index contributed by atoms with van der Waals surface area (Å²) in [6.45, 7) is -1.31. The van der Waals surface area contributed by atoms with Crippen LogP contribution < -0.4 is 10.1 Å². The van der Waals surface area contributed by atoms with Crippen molar-refractivity contribution in [2.24, 2.45) is 0 Å². The molecule has 0 bridgehead atoms. The van der Waals surface area contributed by atoms with Gasteiger partial charge in [0.15, 0.2) is 6.29 Å². The van der Waals surface area contributed by atoms with Gasteiger partial charge in [-0.05, 0) is 29.8 Å². The van der Waals surface area contributed by atoms with Crippen LogP contribution in [0.25, 0.3) is 10.9 Å². The number of alkyl halides is 6. The molecule has 40 heavy (non-hydrogen) atoms. The molecule has 2 heterocycles. The summed E-state index contributed by atoms with van der Waals surface area (Å²) in [7, 11) is 1.33. The van der Waals surface area contributed by atoms with E-state index in [1.165, 1.54) is 29.9 Å². The van der Waals surface area contributed by atoms with Crippen LogP contribution in [0.3, 0.4) is 0 Å². The van der Waals surface area contributed by atoms with E-state index in [0.29, 0.717) is 12.1 Å². The molecule has 2 aromatic carbocycles. The van der Waals surface area contributed by atoms with Crippen LogP contribution in [0, 0.1) is 0 Å². The number of hydrogen-bond donors (Lipinski definition) is 5. The van der Waals surface area contributed by atoms with Crippen molar-refractivity contribution in [2.45, 2.75) is 49.5 Å². The fraction of sp³-hybridized carbons (Fsp3) is 0.400. The highest BCUT2D eigenvalue weighted by atomic mass is 19.4. The smallest absolute Gasteiger partial charge is 0.416 e. The molecule has 4 rings (SSSR count). The highest BCUT2D eigenvalue weighted by Crippen LogP contribution is 2.38. The molecule has 9 nitrogen and oxygen atoms in total. The molecule has 5 N–H and O–H groups in total. The summed E-state index contributed by atoms with van der Waals surface area (Å²) in [5, 5.41) is 42.4. The largest absolute Gasteiger partial charge is 0.497 e. The maximum absolute atomic E-state index is 13.7. The zero-order chi connectivity index (χ0) is 29.6. The van der Waals surface area contributed by atoms with Gasteiger partial charge < -0.3 is 39.8 Å². The van der Waals surface area contributed by atoms with Gasteiger partial charge in [0.2, 0.25) is 0 Å². The van der Waals surface area contributed by atoms with Gasteiger partial charge >= 0.3 is 12.4 Å². The Labute approximate surface area is 222 Å². The third-order valence-corrected chi connectivity index (χ3v) is 6.62. The number of amides is 1. The number of aliphatic hydroxyl groups excluding tert-OH is 4. The number of fused-ring (bicyclic) bond motifs is 1. The molecule has 0 saturated carbocycles. The molecule has 0 aliphatic carbocycles. The minimum atomic E-state index is -5.11. The number of carbonyl (C=O) groups is 1. The highest BCUT2D eigenvalue weighted by Gasteiger charge is 2.44. The van der Waals surface area contributed by atoms with E-state index in [1.807, 2.05) is 0 Å². The number of rotatable bonds is 6. The van der Waals surface area contributed by atoms with E-state index < -0.39 is 78.7 Å². The zero-order valence-electron chi connectivity index (χ0n) is 20.6. The summed E-state index contributed by atoms with van der Waals surface area (Å²) in [5.74, 6) is -0.648. The van der Waals surface area contributed by atoms with Crippen molar-refractivity contribution in [3.63, 3.8) is 0 Å². The number of ether oxygens (including phenoxy) is 2. The monoisotopic (exact) mass is 578 g/mol. The second kappa shape index (κ2) is 10.9. The fourth-order valence-electron chi connectivity index (χ4n) is 4.53. The van der Waals surface area contributed by atoms with Gasteiger partial charge in [-0.15, -0.1) is 0 Å². The zero-order valence-corrected chi connectivity index (χ0v) is 20.6. The number of halogens is 6. The number of methoxy groups -OCH3 is 1. The highest BCUT2D eigenvalue weighted by molar-refractivity contribution is 6.07. The number of nitrogens with zero attached hydrogens (tertiary/aromatic N) is 1. The minimum absolute atomic E-state index is 0.0199. The first-order valence-electron chi connectivity index (χ1n) is 11.7. The lowest BCUT2D eigenvalue weighted by Crippen LogP contribution is -2.64. The molecule has 1 aliphatic heterocycles. The van der Waals surface area contributed by atoms with Crippen LogP contribution in [-0.4, -0.2) is 75.3 Å². The first-order valence-corrected chi connectivity index (χ1v) is 11.7. The van der Waals surface area contributed by atoms with E-state index in [2.05, 4.69) is 5.32 Å². The van der Waals surface area contributed by atoms with E-state index in [9.17, 15) is 51.6 Å². The van der Waals surface area contributed by atoms with Crippen molar-refractivity contribution < 1.29 is 61.0 Å². The van der Waals surface area contributed by atoms with Crippen molar-refractivity contribution in [1.29, 1.82) is 0 Å². The molecule has 5 atom stereocenters. The number of benzene rings is 2. The van der Waals surface area contributed by atoms with Crippen LogP contribution in [0.15, 0.2) is 42.6 Å². The van der Waals surface area contributed by atoms with E-state index in [0.717, 1.165) is 6.20 Å². The van der Waals surface area contributed by atoms with Crippen molar-refractivity contribution in [2.75, 3.05) is 13.7 Å². The van der Waals surface area contributed by atoms with Crippen LogP contribution in [0.1, 0.15) is 27.0 Å². The van der Waals surface area contributed by atoms with Gasteiger partial charge in [0.05, 0.1) is 35.9 Å². The van der Waals surface area contributed by atoms with Gasteiger partial charge in [-0.1, -0.05) is 6.07 Å². The number of aliphatic hydroxyl groups is 4. The van der Waals surface area contributed by atoms with Crippen molar-refractivity contribution in [3.8, 4) is 5.75 Å². The molecular weight excluding hydrogens is 554 g/mol. The van der Waals surface area contributed by atoms with Gasteiger partial charge in [-0.3, -0.25) is 4.79 Å². The predicted molar refractivity (Wildman–Crippen MR) is 125 cm³/mol. The van der Waals surface area contributed by atoms with E-state index in [-0.39, 0.29) is 28.3 Å². The molecule has 1 amide bonds. The number of hydrogen-bond acceptors (Lipinski definition) is 7. The molecule has 218 valence electrons. The molecule has 1 aliphatic rings. The molecule has 1 aromatic heterocycles. The van der Waals surface area contributed by atoms with Gasteiger partial charge in [0, 0.05) is 24.2 Å². The Balaban J connectivity index is 1.74. The summed E-state index contributed by atoms with van der Waals surface area (Å²) >= 11 is 0. The molecule has 1 saturated heterocycles. The summed E-state index contributed by atoms with van der Waals surface area (Å²) in [6.07, 6.45) is -15.5. The van der Waals surface area contributed by atoms with Gasteiger partial charge in [-0.2, -0.15) is 26.3 Å². The average molecular weight is 578 g/mol. The molecule has 3 unspecified atom stereocenters. The van der Waals surface area contributed by atoms with Crippen LogP contribution in [0.5, 0.6) is 5.75 Å². The Kier molecular flexibility index (Phi) is 8.06. The maximum atomic E-state index is 13.7. The molecule has 0 radical (unpaired) electrons. The third-order valence-electron chi connectivity index (χ3n) is 6.62. The van der Waals surface area contributed by atoms with Crippen LogP contribution in [-0.2, 0) is 23.6 Å².